The highest BCUT2D eigenvalue weighted by Crippen LogP contribution is 2.23. The number of imide groups is 1. The normalized spacial score (nSPS) is 12.2. The molecule has 1 heterocycles. The number of hydrogen-bond donors (Lipinski definition) is 2. The Kier molecular flexibility index (Phi) is 6.79. The molecule has 26 heavy (non-hydrogen) atoms. The molecule has 0 aliphatic heterocycles. The molecule has 2 rings (SSSR count). The first-order valence-electron chi connectivity index (χ1n) is 8.58. The van der Waals surface area contributed by atoms with Crippen LogP contribution in [0.25, 0.3) is 10.9 Å². The number of hydrogen-bond acceptors (Lipinski definition) is 5. The van der Waals surface area contributed by atoms with Gasteiger partial charge in [-0.2, -0.15) is 0 Å². The van der Waals surface area contributed by atoms with Crippen LogP contribution in [0.5, 0.6) is 0 Å². The Hall–Kier alpha value is -2.35. The second-order valence-corrected chi connectivity index (χ2v) is 7.64. The number of benzene rings is 1. The molecule has 0 bridgehead atoms. The lowest BCUT2D eigenvalue weighted by Crippen LogP contribution is -2.42. The Morgan fingerprint density at radius 3 is 2.58 bits per heavy atom. The smallest absolute Gasteiger partial charge is 0.321 e. The number of carbonyl (C=O) groups is 2. The number of amides is 3. The molecule has 1 aromatic heterocycles. The minimum Gasteiger partial charge on any atom is -0.338 e. The van der Waals surface area contributed by atoms with Crippen LogP contribution in [-0.2, 0) is 11.3 Å². The zero-order valence-electron chi connectivity index (χ0n) is 15.4. The lowest BCUT2D eigenvalue weighted by atomic mass is 10.2. The Labute approximate surface area is 156 Å². The van der Waals surface area contributed by atoms with Crippen LogP contribution in [0.3, 0.4) is 0 Å². The van der Waals surface area contributed by atoms with Crippen molar-refractivity contribution in [3.8, 4) is 0 Å². The first-order chi connectivity index (χ1) is 12.3. The van der Waals surface area contributed by atoms with Crippen molar-refractivity contribution in [2.75, 3.05) is 6.54 Å². The van der Waals surface area contributed by atoms with Gasteiger partial charge < -0.3 is 5.32 Å². The predicted molar refractivity (Wildman–Crippen MR) is 103 cm³/mol. The summed E-state index contributed by atoms with van der Waals surface area (Å²) in [5.41, 5.74) is 0.472. The first-order valence-corrected chi connectivity index (χ1v) is 9.46. The van der Waals surface area contributed by atoms with E-state index < -0.39 is 17.2 Å². The van der Waals surface area contributed by atoms with E-state index in [1.807, 2.05) is 19.9 Å². The van der Waals surface area contributed by atoms with E-state index in [1.165, 1.54) is 11.8 Å². The molecule has 8 heteroatoms. The van der Waals surface area contributed by atoms with Crippen LogP contribution in [0.15, 0.2) is 34.2 Å². The Balaban J connectivity index is 2.33. The van der Waals surface area contributed by atoms with Gasteiger partial charge in [0, 0.05) is 13.1 Å². The summed E-state index contributed by atoms with van der Waals surface area (Å²) in [6, 6.07) is 6.62. The van der Waals surface area contributed by atoms with Gasteiger partial charge in [0.05, 0.1) is 16.2 Å². The summed E-state index contributed by atoms with van der Waals surface area (Å²) in [7, 11) is 0. The number of carbonyl (C=O) groups excluding carboxylic acids is 2. The maximum atomic E-state index is 12.8. The highest BCUT2D eigenvalue weighted by Gasteiger charge is 2.21. The average molecular weight is 376 g/mol. The highest BCUT2D eigenvalue weighted by atomic mass is 32.2. The third-order valence-corrected chi connectivity index (χ3v) is 4.69. The van der Waals surface area contributed by atoms with E-state index in [4.69, 9.17) is 0 Å². The fraction of sp³-hybridized carbons (Fsp3) is 0.444. The molecule has 1 aromatic carbocycles. The van der Waals surface area contributed by atoms with Crippen LogP contribution in [0.4, 0.5) is 4.79 Å². The lowest BCUT2D eigenvalue weighted by molar-refractivity contribution is -0.119. The molecule has 0 saturated heterocycles. The van der Waals surface area contributed by atoms with Gasteiger partial charge in [0.2, 0.25) is 5.91 Å². The number of urea groups is 1. The van der Waals surface area contributed by atoms with Crippen molar-refractivity contribution in [2.45, 2.75) is 44.6 Å². The quantitative estimate of drug-likeness (QED) is 0.596. The van der Waals surface area contributed by atoms with Crippen molar-refractivity contribution < 1.29 is 9.59 Å². The summed E-state index contributed by atoms with van der Waals surface area (Å²) in [5.74, 6) is -0.186. The summed E-state index contributed by atoms with van der Waals surface area (Å²) in [4.78, 5) is 41.2. The Bertz CT molecular complexity index is 863. The van der Waals surface area contributed by atoms with Crippen LogP contribution in [0, 0.1) is 5.92 Å². The van der Waals surface area contributed by atoms with E-state index in [0.717, 1.165) is 0 Å². The number of nitrogens with one attached hydrogen (secondary N) is 2. The van der Waals surface area contributed by atoms with E-state index in [-0.39, 0.29) is 11.5 Å². The average Bonchev–Trinajstić information content (AvgIpc) is 2.58. The largest absolute Gasteiger partial charge is 0.338 e. The number of aromatic nitrogens is 2. The summed E-state index contributed by atoms with van der Waals surface area (Å²) < 4.78 is 1.60. The van der Waals surface area contributed by atoms with E-state index in [0.29, 0.717) is 29.1 Å². The fourth-order valence-corrected chi connectivity index (χ4v) is 3.31. The molecule has 0 saturated carbocycles. The first kappa shape index (κ1) is 20.0. The fourth-order valence-electron chi connectivity index (χ4n) is 2.39. The molecule has 0 aliphatic rings. The molecule has 0 spiro atoms. The molecule has 0 aliphatic carbocycles. The molecular weight excluding hydrogens is 352 g/mol. The maximum absolute atomic E-state index is 12.8. The predicted octanol–water partition coefficient (Wildman–Crippen LogP) is 2.38. The number of nitrogens with zero attached hydrogens (tertiary/aromatic N) is 2. The monoisotopic (exact) mass is 376 g/mol. The molecule has 1 atom stereocenters. The van der Waals surface area contributed by atoms with Gasteiger partial charge in [-0.15, -0.1) is 0 Å². The SMILES string of the molecule is CCNC(=O)NC(=O)[C@H](C)Sc1nc2ccccc2c(=O)n1CC(C)C. The van der Waals surface area contributed by atoms with Gasteiger partial charge in [-0.1, -0.05) is 37.7 Å². The third kappa shape index (κ3) is 4.85. The molecule has 7 nitrogen and oxygen atoms in total. The second-order valence-electron chi connectivity index (χ2n) is 6.33. The van der Waals surface area contributed by atoms with Gasteiger partial charge in [0.25, 0.3) is 5.56 Å². The van der Waals surface area contributed by atoms with Crippen molar-refractivity contribution >= 4 is 34.6 Å². The highest BCUT2D eigenvalue weighted by molar-refractivity contribution is 8.00. The van der Waals surface area contributed by atoms with Crippen molar-refractivity contribution in [1.82, 2.24) is 20.2 Å². The van der Waals surface area contributed by atoms with Crippen LogP contribution < -0.4 is 16.2 Å². The topological polar surface area (TPSA) is 93.1 Å². The van der Waals surface area contributed by atoms with Gasteiger partial charge in [0.15, 0.2) is 5.16 Å². The van der Waals surface area contributed by atoms with Gasteiger partial charge in [0.1, 0.15) is 0 Å². The molecular formula is C18H24N4O3S. The minimum absolute atomic E-state index is 0.122. The summed E-state index contributed by atoms with van der Waals surface area (Å²) in [5, 5.41) is 5.25. The zero-order chi connectivity index (χ0) is 19.3. The standard InChI is InChI=1S/C18H24N4O3S/c1-5-19-17(25)21-15(23)12(4)26-18-20-14-9-7-6-8-13(14)16(24)22(18)10-11(2)3/h6-9,11-12H,5,10H2,1-4H3,(H2,19,21,23,25)/t12-/m0/s1. The van der Waals surface area contributed by atoms with Gasteiger partial charge >= 0.3 is 6.03 Å². The summed E-state index contributed by atoms with van der Waals surface area (Å²) in [6.45, 7) is 8.42. The molecule has 0 radical (unpaired) electrons. The number of para-hydroxylation sites is 1. The molecule has 0 fully saturated rings. The molecule has 2 N–H and O–H groups in total. The van der Waals surface area contributed by atoms with Crippen molar-refractivity contribution in [3.05, 3.63) is 34.6 Å². The van der Waals surface area contributed by atoms with Crippen LogP contribution in [0.1, 0.15) is 27.7 Å². The van der Waals surface area contributed by atoms with Crippen molar-refractivity contribution in [1.29, 1.82) is 0 Å². The molecule has 2 aromatic rings. The van der Waals surface area contributed by atoms with Gasteiger partial charge in [-0.05, 0) is 31.9 Å². The number of thioether (sulfide) groups is 1. The molecule has 3 amide bonds. The molecule has 140 valence electrons. The van der Waals surface area contributed by atoms with Crippen LogP contribution >= 0.6 is 11.8 Å². The Morgan fingerprint density at radius 1 is 1.23 bits per heavy atom. The summed E-state index contributed by atoms with van der Waals surface area (Å²) >= 11 is 1.17. The van der Waals surface area contributed by atoms with Gasteiger partial charge in [-0.25, -0.2) is 9.78 Å². The third-order valence-electron chi connectivity index (χ3n) is 3.60. The lowest BCUT2D eigenvalue weighted by Gasteiger charge is -2.17. The Morgan fingerprint density at radius 2 is 1.92 bits per heavy atom. The molecule has 0 unspecified atom stereocenters. The van der Waals surface area contributed by atoms with Crippen molar-refractivity contribution in [2.24, 2.45) is 5.92 Å². The van der Waals surface area contributed by atoms with E-state index >= 15 is 0 Å². The second kappa shape index (κ2) is 8.84. The van der Waals surface area contributed by atoms with E-state index in [2.05, 4.69) is 15.6 Å². The van der Waals surface area contributed by atoms with Crippen LogP contribution in [0.2, 0.25) is 0 Å². The maximum Gasteiger partial charge on any atom is 0.321 e. The van der Waals surface area contributed by atoms with Gasteiger partial charge in [-0.3, -0.25) is 19.5 Å². The number of rotatable bonds is 6. The summed E-state index contributed by atoms with van der Waals surface area (Å²) in [6.07, 6.45) is 0. The van der Waals surface area contributed by atoms with Crippen molar-refractivity contribution in [3.63, 3.8) is 0 Å². The van der Waals surface area contributed by atoms with E-state index in [1.54, 1.807) is 36.6 Å². The van der Waals surface area contributed by atoms with Crippen LogP contribution in [-0.4, -0.2) is 33.3 Å². The zero-order valence-corrected chi connectivity index (χ0v) is 16.2. The minimum atomic E-state index is -0.580. The van der Waals surface area contributed by atoms with E-state index in [9.17, 15) is 14.4 Å². The number of fused-ring (bicyclic) bond motifs is 1.